The average Bonchev–Trinajstić information content (AvgIpc) is 2.64. The van der Waals surface area contributed by atoms with E-state index in [1.165, 1.54) is 37.7 Å². The summed E-state index contributed by atoms with van der Waals surface area (Å²) in [6.45, 7) is 8.86. The van der Waals surface area contributed by atoms with Gasteiger partial charge in [-0.25, -0.2) is 4.79 Å². The third kappa shape index (κ3) is 3.50. The summed E-state index contributed by atoms with van der Waals surface area (Å²) in [5, 5.41) is 0. The van der Waals surface area contributed by atoms with E-state index >= 15 is 0 Å². The predicted octanol–water partition coefficient (Wildman–Crippen LogP) is 5.51. The minimum Gasteiger partial charge on any atom is -0.482 e. The van der Waals surface area contributed by atoms with Crippen molar-refractivity contribution in [1.29, 1.82) is 0 Å². The number of carbonyl (C=O) groups excluding carboxylic acids is 1. The summed E-state index contributed by atoms with van der Waals surface area (Å²) in [5.74, 6) is 3.37. The smallest absolute Gasteiger partial charge is 0.344 e. The SMILES string of the molecule is CCC(C)(C)c1ccc(OCC(=O)OC2(C)C3CC4CC(C3)CC2C4)cc1. The molecule has 1 aromatic rings. The van der Waals surface area contributed by atoms with Crippen molar-refractivity contribution < 1.29 is 14.3 Å². The molecule has 0 aliphatic heterocycles. The number of rotatable bonds is 6. The van der Waals surface area contributed by atoms with E-state index in [0.29, 0.717) is 11.8 Å². The molecule has 1 aromatic carbocycles. The van der Waals surface area contributed by atoms with Crippen LogP contribution in [-0.2, 0) is 14.9 Å². The van der Waals surface area contributed by atoms with E-state index in [-0.39, 0.29) is 23.6 Å². The van der Waals surface area contributed by atoms with E-state index in [1.54, 1.807) is 0 Å². The molecule has 0 N–H and O–H groups in total. The first kappa shape index (κ1) is 18.8. The Bertz CT molecular complexity index is 660. The highest BCUT2D eigenvalue weighted by molar-refractivity contribution is 5.71. The van der Waals surface area contributed by atoms with Gasteiger partial charge in [0.1, 0.15) is 11.4 Å². The summed E-state index contributed by atoms with van der Waals surface area (Å²) in [6, 6.07) is 8.13. The van der Waals surface area contributed by atoms with Crippen LogP contribution in [0.25, 0.3) is 0 Å². The Labute approximate surface area is 163 Å². The third-order valence-electron chi connectivity index (χ3n) is 7.97. The molecule has 0 spiro atoms. The van der Waals surface area contributed by atoms with Crippen molar-refractivity contribution in [1.82, 2.24) is 0 Å². The Hall–Kier alpha value is -1.51. The molecule has 148 valence electrons. The molecule has 3 heteroatoms. The number of hydrogen-bond donors (Lipinski definition) is 0. The zero-order valence-electron chi connectivity index (χ0n) is 17.3. The fourth-order valence-corrected chi connectivity index (χ4v) is 5.91. The number of esters is 1. The van der Waals surface area contributed by atoms with Gasteiger partial charge >= 0.3 is 5.97 Å². The third-order valence-corrected chi connectivity index (χ3v) is 7.97. The molecular formula is C24H34O3. The zero-order chi connectivity index (χ0) is 19.2. The summed E-state index contributed by atoms with van der Waals surface area (Å²) >= 11 is 0. The van der Waals surface area contributed by atoms with Gasteiger partial charge in [-0.3, -0.25) is 0 Å². The van der Waals surface area contributed by atoms with Crippen molar-refractivity contribution in [2.24, 2.45) is 23.7 Å². The second-order valence-corrected chi connectivity index (χ2v) is 10.0. The molecule has 0 aromatic heterocycles. The van der Waals surface area contributed by atoms with E-state index in [0.717, 1.165) is 24.0 Å². The topological polar surface area (TPSA) is 35.5 Å². The largest absolute Gasteiger partial charge is 0.482 e. The Balaban J connectivity index is 1.34. The highest BCUT2D eigenvalue weighted by Crippen LogP contribution is 2.59. The molecule has 0 unspecified atom stereocenters. The summed E-state index contributed by atoms with van der Waals surface area (Å²) in [6.07, 6.45) is 7.46. The van der Waals surface area contributed by atoms with E-state index in [9.17, 15) is 4.79 Å². The van der Waals surface area contributed by atoms with Crippen molar-refractivity contribution in [3.63, 3.8) is 0 Å². The van der Waals surface area contributed by atoms with Crippen LogP contribution in [0, 0.1) is 23.7 Å². The molecule has 4 fully saturated rings. The molecule has 0 amide bonds. The molecule has 4 saturated carbocycles. The maximum Gasteiger partial charge on any atom is 0.344 e. The first-order valence-corrected chi connectivity index (χ1v) is 10.8. The van der Waals surface area contributed by atoms with E-state index in [2.05, 4.69) is 39.8 Å². The molecule has 4 aliphatic rings. The molecular weight excluding hydrogens is 336 g/mol. The highest BCUT2D eigenvalue weighted by atomic mass is 16.6. The second-order valence-electron chi connectivity index (χ2n) is 10.0. The Morgan fingerprint density at radius 1 is 1.04 bits per heavy atom. The number of ether oxygens (including phenoxy) is 2. The average molecular weight is 371 g/mol. The molecule has 0 heterocycles. The van der Waals surface area contributed by atoms with Crippen LogP contribution >= 0.6 is 0 Å². The quantitative estimate of drug-likeness (QED) is 0.619. The highest BCUT2D eigenvalue weighted by Gasteiger charge is 2.57. The second kappa shape index (κ2) is 6.83. The zero-order valence-corrected chi connectivity index (χ0v) is 17.3. The molecule has 4 bridgehead atoms. The maximum absolute atomic E-state index is 12.5. The summed E-state index contributed by atoms with van der Waals surface area (Å²) in [4.78, 5) is 12.5. The molecule has 0 radical (unpaired) electrons. The monoisotopic (exact) mass is 370 g/mol. The minimum atomic E-state index is -0.275. The standard InChI is InChI=1S/C24H34O3/c1-5-23(2,3)18-6-8-21(9-7-18)26-15-22(25)27-24(4)19-11-16-10-17(13-19)14-20(24)12-16/h6-9,16-17,19-20H,5,10-15H2,1-4H3. The van der Waals surface area contributed by atoms with Gasteiger partial charge in [0.2, 0.25) is 0 Å². The maximum atomic E-state index is 12.5. The van der Waals surface area contributed by atoms with Crippen molar-refractivity contribution in [2.45, 2.75) is 77.2 Å². The van der Waals surface area contributed by atoms with Crippen LogP contribution in [0.3, 0.4) is 0 Å². The lowest BCUT2D eigenvalue weighted by Crippen LogP contribution is -2.58. The van der Waals surface area contributed by atoms with Gasteiger partial charge in [0, 0.05) is 0 Å². The summed E-state index contributed by atoms with van der Waals surface area (Å²) in [5.41, 5.74) is 1.18. The normalized spacial score (nSPS) is 34.5. The van der Waals surface area contributed by atoms with Crippen molar-refractivity contribution in [2.75, 3.05) is 6.61 Å². The number of benzene rings is 1. The first-order chi connectivity index (χ1) is 12.8. The minimum absolute atomic E-state index is 0.00158. The van der Waals surface area contributed by atoms with Gasteiger partial charge in [-0.1, -0.05) is 32.9 Å². The fraction of sp³-hybridized carbons (Fsp3) is 0.708. The number of carbonyl (C=O) groups is 1. The van der Waals surface area contributed by atoms with Crippen LogP contribution in [0.2, 0.25) is 0 Å². The van der Waals surface area contributed by atoms with Crippen LogP contribution in [0.1, 0.15) is 71.8 Å². The van der Waals surface area contributed by atoms with Gasteiger partial charge in [-0.15, -0.1) is 0 Å². The van der Waals surface area contributed by atoms with Crippen molar-refractivity contribution in [3.8, 4) is 5.75 Å². The van der Waals surface area contributed by atoms with Gasteiger partial charge < -0.3 is 9.47 Å². The molecule has 3 nitrogen and oxygen atoms in total. The van der Waals surface area contributed by atoms with E-state index in [1.807, 2.05) is 12.1 Å². The van der Waals surface area contributed by atoms with Crippen LogP contribution < -0.4 is 4.74 Å². The lowest BCUT2D eigenvalue weighted by Gasteiger charge is -2.59. The van der Waals surface area contributed by atoms with E-state index < -0.39 is 0 Å². The lowest BCUT2D eigenvalue weighted by atomic mass is 9.50. The summed E-state index contributed by atoms with van der Waals surface area (Å²) in [7, 11) is 0. The van der Waals surface area contributed by atoms with Gasteiger partial charge in [-0.2, -0.15) is 0 Å². The van der Waals surface area contributed by atoms with Crippen molar-refractivity contribution >= 4 is 5.97 Å². The van der Waals surface area contributed by atoms with Crippen LogP contribution in [0.5, 0.6) is 5.75 Å². The van der Waals surface area contributed by atoms with Gasteiger partial charge in [0.25, 0.3) is 0 Å². The Kier molecular flexibility index (Phi) is 4.76. The number of hydrogen-bond acceptors (Lipinski definition) is 3. The van der Waals surface area contributed by atoms with Gasteiger partial charge in [0.15, 0.2) is 6.61 Å². The molecule has 4 aliphatic carbocycles. The van der Waals surface area contributed by atoms with Gasteiger partial charge in [-0.05, 0) is 92.2 Å². The van der Waals surface area contributed by atoms with E-state index in [4.69, 9.17) is 9.47 Å². The fourth-order valence-electron chi connectivity index (χ4n) is 5.91. The first-order valence-electron chi connectivity index (χ1n) is 10.8. The van der Waals surface area contributed by atoms with Crippen LogP contribution in [0.15, 0.2) is 24.3 Å². The molecule has 27 heavy (non-hydrogen) atoms. The van der Waals surface area contributed by atoms with Crippen molar-refractivity contribution in [3.05, 3.63) is 29.8 Å². The van der Waals surface area contributed by atoms with Crippen LogP contribution in [-0.4, -0.2) is 18.2 Å². The van der Waals surface area contributed by atoms with Crippen LogP contribution in [0.4, 0.5) is 0 Å². The van der Waals surface area contributed by atoms with Gasteiger partial charge in [0.05, 0.1) is 0 Å². The lowest BCUT2D eigenvalue weighted by molar-refractivity contribution is -0.204. The Morgan fingerprint density at radius 3 is 2.11 bits per heavy atom. The predicted molar refractivity (Wildman–Crippen MR) is 107 cm³/mol. The molecule has 5 rings (SSSR count). The Morgan fingerprint density at radius 2 is 1.59 bits per heavy atom. The molecule has 0 saturated heterocycles. The molecule has 0 atom stereocenters. The summed E-state index contributed by atoms with van der Waals surface area (Å²) < 4.78 is 11.8.